The van der Waals surface area contributed by atoms with Gasteiger partial charge in [-0.3, -0.25) is 9.59 Å². The van der Waals surface area contributed by atoms with Gasteiger partial charge >= 0.3 is 0 Å². The van der Waals surface area contributed by atoms with Gasteiger partial charge in [-0.1, -0.05) is 26.7 Å². The molecule has 8 heteroatoms. The van der Waals surface area contributed by atoms with Crippen molar-refractivity contribution in [1.82, 2.24) is 10.6 Å². The fourth-order valence-corrected chi connectivity index (χ4v) is 4.81. The van der Waals surface area contributed by atoms with Crippen LogP contribution in [0, 0.1) is 6.92 Å². The van der Waals surface area contributed by atoms with Crippen LogP contribution in [-0.4, -0.2) is 53.3 Å². The number of nitrogens with one attached hydrogen (secondary N) is 2. The maximum absolute atomic E-state index is 13.9. The number of fused-ring (bicyclic) bond motifs is 1. The second-order valence-corrected chi connectivity index (χ2v) is 9.72. The zero-order valence-corrected chi connectivity index (χ0v) is 24.8. The van der Waals surface area contributed by atoms with Gasteiger partial charge in [0, 0.05) is 13.1 Å². The van der Waals surface area contributed by atoms with Crippen LogP contribution in [0.2, 0.25) is 0 Å². The first-order valence-electron chi connectivity index (χ1n) is 13.8. The molecule has 40 heavy (non-hydrogen) atoms. The van der Waals surface area contributed by atoms with E-state index in [1.54, 1.807) is 28.4 Å². The van der Waals surface area contributed by atoms with Crippen LogP contribution in [0.1, 0.15) is 61.0 Å². The number of methoxy groups -OCH3 is 4. The molecule has 2 N–H and O–H groups in total. The largest absolute Gasteiger partial charge is 0.493 e. The minimum absolute atomic E-state index is 0.0974. The first-order chi connectivity index (χ1) is 19.3. The second kappa shape index (κ2) is 14.4. The molecular weight excluding hydrogens is 508 g/mol. The molecule has 0 heterocycles. The number of hydrogen-bond acceptors (Lipinski definition) is 6. The van der Waals surface area contributed by atoms with Crippen molar-refractivity contribution >= 4 is 22.6 Å². The standard InChI is InChI=1S/C32H42N2O6/c1-8-10-12-33-30(35)16-21-15-26(37-4)28(39-6)18-23(21)24-14-20(3)22-17-27(38-5)29(40-7)19-25(22)31(24)32(36)34-13-11-9-2/h14-15,17-19H,8-13,16H2,1-7H3,(H,33,35)(H,34,36). The van der Waals surface area contributed by atoms with Gasteiger partial charge in [0.1, 0.15) is 0 Å². The first kappa shape index (κ1) is 30.6. The van der Waals surface area contributed by atoms with Gasteiger partial charge in [0.25, 0.3) is 5.91 Å². The lowest BCUT2D eigenvalue weighted by atomic mass is 9.87. The second-order valence-electron chi connectivity index (χ2n) is 9.72. The van der Waals surface area contributed by atoms with E-state index in [1.807, 2.05) is 37.3 Å². The normalized spacial score (nSPS) is 10.8. The molecule has 0 fully saturated rings. The molecule has 0 saturated heterocycles. The molecule has 3 aromatic carbocycles. The number of rotatable bonds is 14. The van der Waals surface area contributed by atoms with Crippen LogP contribution in [0.25, 0.3) is 21.9 Å². The highest BCUT2D eigenvalue weighted by molar-refractivity contribution is 6.14. The summed E-state index contributed by atoms with van der Waals surface area (Å²) in [5, 5.41) is 7.69. The number of amides is 2. The quantitative estimate of drug-likeness (QED) is 0.245. The Morgan fingerprint density at radius 1 is 0.675 bits per heavy atom. The third kappa shape index (κ3) is 6.79. The smallest absolute Gasteiger partial charge is 0.252 e. The molecule has 0 aliphatic rings. The van der Waals surface area contributed by atoms with Gasteiger partial charge in [-0.15, -0.1) is 0 Å². The van der Waals surface area contributed by atoms with Crippen molar-refractivity contribution in [2.24, 2.45) is 0 Å². The minimum Gasteiger partial charge on any atom is -0.493 e. The highest BCUT2D eigenvalue weighted by Gasteiger charge is 2.24. The van der Waals surface area contributed by atoms with Gasteiger partial charge in [0.05, 0.1) is 40.4 Å². The van der Waals surface area contributed by atoms with Crippen LogP contribution in [0.3, 0.4) is 0 Å². The maximum atomic E-state index is 13.9. The van der Waals surface area contributed by atoms with Crippen LogP contribution in [0.4, 0.5) is 0 Å². The lowest BCUT2D eigenvalue weighted by Gasteiger charge is -2.21. The van der Waals surface area contributed by atoms with Gasteiger partial charge < -0.3 is 29.6 Å². The molecule has 0 saturated carbocycles. The van der Waals surface area contributed by atoms with Crippen molar-refractivity contribution in [3.05, 3.63) is 47.0 Å². The number of benzene rings is 3. The minimum atomic E-state index is -0.200. The molecule has 8 nitrogen and oxygen atoms in total. The van der Waals surface area contributed by atoms with Gasteiger partial charge in [-0.25, -0.2) is 0 Å². The van der Waals surface area contributed by atoms with Gasteiger partial charge in [0.15, 0.2) is 23.0 Å². The fourth-order valence-electron chi connectivity index (χ4n) is 4.81. The molecule has 2 amide bonds. The number of carbonyl (C=O) groups is 2. The lowest BCUT2D eigenvalue weighted by molar-refractivity contribution is -0.120. The number of unbranched alkanes of at least 4 members (excludes halogenated alkanes) is 2. The van der Waals surface area contributed by atoms with Crippen LogP contribution in [0.5, 0.6) is 23.0 Å². The molecule has 0 radical (unpaired) electrons. The van der Waals surface area contributed by atoms with Gasteiger partial charge in [-0.05, 0) is 83.1 Å². The monoisotopic (exact) mass is 550 g/mol. The Balaban J connectivity index is 2.33. The molecule has 3 aromatic rings. The van der Waals surface area contributed by atoms with E-state index in [9.17, 15) is 9.59 Å². The maximum Gasteiger partial charge on any atom is 0.252 e. The Labute approximate surface area is 237 Å². The van der Waals surface area contributed by atoms with Crippen molar-refractivity contribution in [3.8, 4) is 34.1 Å². The van der Waals surface area contributed by atoms with E-state index < -0.39 is 0 Å². The zero-order chi connectivity index (χ0) is 29.2. The van der Waals surface area contributed by atoms with E-state index in [1.165, 1.54) is 0 Å². The zero-order valence-electron chi connectivity index (χ0n) is 24.8. The van der Waals surface area contributed by atoms with Crippen molar-refractivity contribution in [2.45, 2.75) is 52.9 Å². The van der Waals surface area contributed by atoms with Crippen LogP contribution in [0.15, 0.2) is 30.3 Å². The van der Waals surface area contributed by atoms with E-state index in [0.29, 0.717) is 47.2 Å². The molecule has 0 aliphatic carbocycles. The summed E-state index contributed by atoms with van der Waals surface area (Å²) >= 11 is 0. The Morgan fingerprint density at radius 2 is 1.20 bits per heavy atom. The van der Waals surface area contributed by atoms with E-state index >= 15 is 0 Å². The topological polar surface area (TPSA) is 95.1 Å². The number of aryl methyl sites for hydroxylation is 1. The summed E-state index contributed by atoms with van der Waals surface area (Å²) < 4.78 is 22.4. The number of ether oxygens (including phenoxy) is 4. The summed E-state index contributed by atoms with van der Waals surface area (Å²) in [4.78, 5) is 26.8. The summed E-state index contributed by atoms with van der Waals surface area (Å²) in [5.41, 5.74) is 3.60. The third-order valence-corrected chi connectivity index (χ3v) is 6.99. The molecule has 0 unspecified atom stereocenters. The SMILES string of the molecule is CCCCNC(=O)Cc1cc(OC)c(OC)cc1-c1cc(C)c2cc(OC)c(OC)cc2c1C(=O)NCCCC. The van der Waals surface area contributed by atoms with Crippen LogP contribution >= 0.6 is 0 Å². The van der Waals surface area contributed by atoms with E-state index in [-0.39, 0.29) is 18.2 Å². The third-order valence-electron chi connectivity index (χ3n) is 6.99. The van der Waals surface area contributed by atoms with E-state index in [4.69, 9.17) is 18.9 Å². The molecule has 3 rings (SSSR count). The molecule has 0 aromatic heterocycles. The van der Waals surface area contributed by atoms with E-state index in [0.717, 1.165) is 53.1 Å². The Kier molecular flexibility index (Phi) is 11.1. The molecule has 0 atom stereocenters. The Hall–Kier alpha value is -3.94. The van der Waals surface area contributed by atoms with Crippen LogP contribution in [-0.2, 0) is 11.2 Å². The first-order valence-corrected chi connectivity index (χ1v) is 13.8. The average molecular weight is 551 g/mol. The van der Waals surface area contributed by atoms with Crippen molar-refractivity contribution in [2.75, 3.05) is 41.5 Å². The number of hydrogen-bond donors (Lipinski definition) is 2. The number of carbonyl (C=O) groups excluding carboxylic acids is 2. The summed E-state index contributed by atoms with van der Waals surface area (Å²) in [7, 11) is 6.30. The van der Waals surface area contributed by atoms with Crippen molar-refractivity contribution < 1.29 is 28.5 Å². The average Bonchev–Trinajstić information content (AvgIpc) is 2.96. The summed E-state index contributed by atoms with van der Waals surface area (Å²) in [6.07, 6.45) is 3.84. The summed E-state index contributed by atoms with van der Waals surface area (Å²) in [6.45, 7) is 7.32. The molecule has 0 spiro atoms. The Bertz CT molecular complexity index is 1350. The van der Waals surface area contributed by atoms with Crippen LogP contribution < -0.4 is 29.6 Å². The van der Waals surface area contributed by atoms with E-state index in [2.05, 4.69) is 24.5 Å². The highest BCUT2D eigenvalue weighted by atomic mass is 16.5. The van der Waals surface area contributed by atoms with Crippen molar-refractivity contribution in [1.29, 1.82) is 0 Å². The van der Waals surface area contributed by atoms with Crippen molar-refractivity contribution in [3.63, 3.8) is 0 Å². The van der Waals surface area contributed by atoms with Gasteiger partial charge in [-0.2, -0.15) is 0 Å². The molecule has 0 aliphatic heterocycles. The Morgan fingerprint density at radius 3 is 1.77 bits per heavy atom. The summed E-state index contributed by atoms with van der Waals surface area (Å²) in [6, 6.07) is 9.39. The van der Waals surface area contributed by atoms with Gasteiger partial charge in [0.2, 0.25) is 5.91 Å². The summed E-state index contributed by atoms with van der Waals surface area (Å²) in [5.74, 6) is 1.83. The molecular formula is C32H42N2O6. The molecule has 216 valence electrons. The fraction of sp³-hybridized carbons (Fsp3) is 0.438. The lowest BCUT2D eigenvalue weighted by Crippen LogP contribution is -2.27. The predicted molar refractivity (Wildman–Crippen MR) is 159 cm³/mol. The predicted octanol–water partition coefficient (Wildman–Crippen LogP) is 5.84. The molecule has 0 bridgehead atoms. The highest BCUT2D eigenvalue weighted by Crippen LogP contribution is 2.42.